The molecule has 0 aromatic rings. The van der Waals surface area contributed by atoms with Gasteiger partial charge in [-0.3, -0.25) is 4.79 Å². The van der Waals surface area contributed by atoms with E-state index in [1.807, 2.05) is 0 Å². The number of likely N-dealkylation sites (N-methyl/N-ethyl adjacent to an activating group) is 1. The van der Waals surface area contributed by atoms with Gasteiger partial charge in [0.2, 0.25) is 0 Å². The second kappa shape index (κ2) is 5.67. The quantitative estimate of drug-likeness (QED) is 0.781. The van der Waals surface area contributed by atoms with E-state index in [4.69, 9.17) is 14.6 Å². The van der Waals surface area contributed by atoms with Crippen LogP contribution in [0.4, 0.5) is 0 Å². The van der Waals surface area contributed by atoms with Crippen molar-refractivity contribution in [3.63, 3.8) is 0 Å². The molecule has 3 atom stereocenters. The number of nitrogens with zero attached hydrogens (tertiary/aromatic N) is 1. The Balaban J connectivity index is 1.81. The summed E-state index contributed by atoms with van der Waals surface area (Å²) in [5.74, 6) is -1.14. The summed E-state index contributed by atoms with van der Waals surface area (Å²) in [7, 11) is 1.71. The normalized spacial score (nSPS) is 31.5. The Bertz CT molecular complexity index is 326. The van der Waals surface area contributed by atoms with Crippen molar-refractivity contribution >= 4 is 11.9 Å². The van der Waals surface area contributed by atoms with Crippen LogP contribution < -0.4 is 0 Å². The fraction of sp³-hybridized carbons (Fsp3) is 0.833. The van der Waals surface area contributed by atoms with E-state index in [1.165, 1.54) is 0 Å². The highest BCUT2D eigenvalue weighted by atomic mass is 16.5. The first-order valence-corrected chi connectivity index (χ1v) is 6.33. The number of amides is 1. The maximum absolute atomic E-state index is 12.1. The Labute approximate surface area is 106 Å². The lowest BCUT2D eigenvalue weighted by molar-refractivity contribution is -0.154. The zero-order chi connectivity index (χ0) is 13.1. The van der Waals surface area contributed by atoms with Crippen LogP contribution in [-0.2, 0) is 19.1 Å². The van der Waals surface area contributed by atoms with Gasteiger partial charge in [0, 0.05) is 20.2 Å². The van der Waals surface area contributed by atoms with E-state index in [1.54, 1.807) is 11.9 Å². The van der Waals surface area contributed by atoms with Crippen LogP contribution in [0.15, 0.2) is 0 Å². The van der Waals surface area contributed by atoms with Crippen LogP contribution in [0.2, 0.25) is 0 Å². The molecule has 2 aliphatic heterocycles. The molecule has 0 spiro atoms. The number of ether oxygens (including phenoxy) is 2. The van der Waals surface area contributed by atoms with Crippen molar-refractivity contribution in [3.05, 3.63) is 0 Å². The molecular weight excluding hydrogens is 238 g/mol. The molecule has 2 rings (SSSR count). The van der Waals surface area contributed by atoms with E-state index < -0.39 is 18.2 Å². The third-order valence-electron chi connectivity index (χ3n) is 3.45. The van der Waals surface area contributed by atoms with Gasteiger partial charge in [-0.2, -0.15) is 0 Å². The summed E-state index contributed by atoms with van der Waals surface area (Å²) in [6.45, 7) is 1.31. The van der Waals surface area contributed by atoms with Crippen molar-refractivity contribution in [1.82, 2.24) is 4.90 Å². The minimum absolute atomic E-state index is 0.107. The average molecular weight is 257 g/mol. The lowest BCUT2D eigenvalue weighted by Gasteiger charge is -2.23. The molecule has 2 heterocycles. The predicted molar refractivity (Wildman–Crippen MR) is 62.1 cm³/mol. The molecule has 1 unspecified atom stereocenters. The molecule has 0 saturated carbocycles. The third-order valence-corrected chi connectivity index (χ3v) is 3.45. The van der Waals surface area contributed by atoms with Gasteiger partial charge >= 0.3 is 5.97 Å². The van der Waals surface area contributed by atoms with Crippen molar-refractivity contribution in [2.24, 2.45) is 0 Å². The predicted octanol–water partition coefficient (Wildman–Crippen LogP) is 0.256. The summed E-state index contributed by atoms with van der Waals surface area (Å²) < 4.78 is 10.7. The van der Waals surface area contributed by atoms with Crippen LogP contribution in [0.1, 0.15) is 25.7 Å². The number of carboxylic acids is 1. The Morgan fingerprint density at radius 3 is 2.56 bits per heavy atom. The van der Waals surface area contributed by atoms with E-state index in [0.29, 0.717) is 19.4 Å². The maximum atomic E-state index is 12.1. The van der Waals surface area contributed by atoms with Gasteiger partial charge in [0.05, 0.1) is 6.10 Å². The molecular formula is C12H19NO5. The number of rotatable bonds is 4. The smallest absolute Gasteiger partial charge is 0.332 e. The first kappa shape index (κ1) is 13.3. The van der Waals surface area contributed by atoms with Crippen LogP contribution in [0, 0.1) is 0 Å². The van der Waals surface area contributed by atoms with Gasteiger partial charge in [0.25, 0.3) is 5.91 Å². The molecule has 1 amide bonds. The van der Waals surface area contributed by atoms with Gasteiger partial charge in [0.1, 0.15) is 6.10 Å². The van der Waals surface area contributed by atoms with E-state index in [9.17, 15) is 9.59 Å². The van der Waals surface area contributed by atoms with Gasteiger partial charge in [0.15, 0.2) is 6.10 Å². The molecule has 2 fully saturated rings. The molecule has 18 heavy (non-hydrogen) atoms. The van der Waals surface area contributed by atoms with E-state index in [2.05, 4.69) is 0 Å². The molecule has 1 N–H and O–H groups in total. The summed E-state index contributed by atoms with van der Waals surface area (Å²) in [6, 6.07) is 0. The van der Waals surface area contributed by atoms with Crippen molar-refractivity contribution in [1.29, 1.82) is 0 Å². The number of carbonyl (C=O) groups excluding carboxylic acids is 1. The van der Waals surface area contributed by atoms with Crippen molar-refractivity contribution < 1.29 is 24.2 Å². The highest BCUT2D eigenvalue weighted by molar-refractivity contribution is 5.82. The first-order chi connectivity index (χ1) is 8.58. The molecule has 102 valence electrons. The van der Waals surface area contributed by atoms with Gasteiger partial charge in [-0.15, -0.1) is 0 Å². The van der Waals surface area contributed by atoms with Gasteiger partial charge < -0.3 is 19.5 Å². The summed E-state index contributed by atoms with van der Waals surface area (Å²) in [4.78, 5) is 24.4. The summed E-state index contributed by atoms with van der Waals surface area (Å²) in [5, 5.41) is 8.81. The molecule has 0 aromatic heterocycles. The van der Waals surface area contributed by atoms with E-state index in [0.717, 1.165) is 19.4 Å². The van der Waals surface area contributed by atoms with Crippen molar-refractivity contribution in [2.45, 2.75) is 44.0 Å². The van der Waals surface area contributed by atoms with Gasteiger partial charge in [-0.25, -0.2) is 4.79 Å². The minimum atomic E-state index is -0.993. The molecule has 6 nitrogen and oxygen atoms in total. The largest absolute Gasteiger partial charge is 0.479 e. The Morgan fingerprint density at radius 2 is 2.00 bits per heavy atom. The third kappa shape index (κ3) is 3.00. The van der Waals surface area contributed by atoms with E-state index >= 15 is 0 Å². The zero-order valence-electron chi connectivity index (χ0n) is 10.5. The molecule has 0 aromatic carbocycles. The number of aliphatic carboxylic acids is 1. The topological polar surface area (TPSA) is 76.1 Å². The highest BCUT2D eigenvalue weighted by Crippen LogP contribution is 2.22. The lowest BCUT2D eigenvalue weighted by Crippen LogP contribution is -2.41. The number of hydrogen-bond donors (Lipinski definition) is 1. The average Bonchev–Trinajstić information content (AvgIpc) is 2.98. The standard InChI is InChI=1S/C12H19NO5/c1-13(7-8-3-2-6-17-8)11(14)9-4-5-10(18-9)12(15)16/h8-10H,2-7H2,1H3,(H,15,16)/t8?,9-,10+/m0/s1. The summed E-state index contributed by atoms with van der Waals surface area (Å²) in [5.41, 5.74) is 0. The summed E-state index contributed by atoms with van der Waals surface area (Å²) in [6.07, 6.45) is 1.54. The Kier molecular flexibility index (Phi) is 4.19. The number of hydrogen-bond acceptors (Lipinski definition) is 4. The maximum Gasteiger partial charge on any atom is 0.332 e. The van der Waals surface area contributed by atoms with Gasteiger partial charge in [-0.1, -0.05) is 0 Å². The van der Waals surface area contributed by atoms with Gasteiger partial charge in [-0.05, 0) is 25.7 Å². The highest BCUT2D eigenvalue weighted by Gasteiger charge is 2.36. The monoisotopic (exact) mass is 257 g/mol. The fourth-order valence-corrected chi connectivity index (χ4v) is 2.43. The van der Waals surface area contributed by atoms with Crippen molar-refractivity contribution in [3.8, 4) is 0 Å². The minimum Gasteiger partial charge on any atom is -0.479 e. The van der Waals surface area contributed by atoms with Crippen LogP contribution in [-0.4, -0.2) is 60.4 Å². The number of carbonyl (C=O) groups is 2. The second-order valence-corrected chi connectivity index (χ2v) is 4.88. The molecule has 0 radical (unpaired) electrons. The van der Waals surface area contributed by atoms with E-state index in [-0.39, 0.29) is 12.0 Å². The Morgan fingerprint density at radius 1 is 1.28 bits per heavy atom. The Hall–Kier alpha value is -1.14. The molecule has 0 aliphatic carbocycles. The first-order valence-electron chi connectivity index (χ1n) is 6.33. The molecule has 2 saturated heterocycles. The SMILES string of the molecule is CN(CC1CCCO1)C(=O)[C@@H]1CC[C@H](C(=O)O)O1. The summed E-state index contributed by atoms with van der Waals surface area (Å²) >= 11 is 0. The van der Waals surface area contributed by atoms with Crippen molar-refractivity contribution in [2.75, 3.05) is 20.2 Å². The fourth-order valence-electron chi connectivity index (χ4n) is 2.43. The van der Waals surface area contributed by atoms with Crippen LogP contribution in [0.5, 0.6) is 0 Å². The van der Waals surface area contributed by atoms with Crippen LogP contribution >= 0.6 is 0 Å². The zero-order valence-corrected chi connectivity index (χ0v) is 10.5. The molecule has 0 bridgehead atoms. The second-order valence-electron chi connectivity index (χ2n) is 4.88. The van der Waals surface area contributed by atoms with Crippen LogP contribution in [0.3, 0.4) is 0 Å². The molecule has 6 heteroatoms. The van der Waals surface area contributed by atoms with Crippen LogP contribution in [0.25, 0.3) is 0 Å². The lowest BCUT2D eigenvalue weighted by atomic mass is 10.1. The number of carboxylic acid groups (broad SMARTS) is 1. The molecule has 2 aliphatic rings.